The quantitative estimate of drug-likeness (QED) is 0.753. The lowest BCUT2D eigenvalue weighted by Crippen LogP contribution is -2.46. The smallest absolute Gasteiger partial charge is 0.150 e. The molecule has 2 aliphatic rings. The van der Waals surface area contributed by atoms with Gasteiger partial charge >= 0.3 is 0 Å². The van der Waals surface area contributed by atoms with Crippen LogP contribution in [-0.4, -0.2) is 57.0 Å². The SMILES string of the molecule is CCN1CCN(c2ccc3c(c2)Sc2cc(C=O)ccc2N3CCCN)CC1. The highest BCUT2D eigenvalue weighted by molar-refractivity contribution is 7.99. The van der Waals surface area contributed by atoms with Gasteiger partial charge < -0.3 is 20.4 Å². The van der Waals surface area contributed by atoms with Crippen molar-refractivity contribution in [2.45, 2.75) is 23.1 Å². The first-order valence-corrected chi connectivity index (χ1v) is 10.9. The van der Waals surface area contributed by atoms with E-state index >= 15 is 0 Å². The second-order valence-electron chi connectivity index (χ2n) is 7.31. The Kier molecular flexibility index (Phi) is 5.90. The number of benzene rings is 2. The van der Waals surface area contributed by atoms with Crippen molar-refractivity contribution in [2.75, 3.05) is 55.6 Å². The number of aldehydes is 1. The molecular formula is C22H28N4OS. The number of likely N-dealkylation sites (N-methyl/N-ethyl adjacent to an activating group) is 1. The normalized spacial score (nSPS) is 16.6. The highest BCUT2D eigenvalue weighted by Crippen LogP contribution is 2.49. The summed E-state index contributed by atoms with van der Waals surface area (Å²) in [4.78, 5) is 21.0. The van der Waals surface area contributed by atoms with Gasteiger partial charge in [0, 0.05) is 53.8 Å². The van der Waals surface area contributed by atoms with Crippen LogP contribution in [0.3, 0.4) is 0 Å². The molecule has 0 aliphatic carbocycles. The van der Waals surface area contributed by atoms with Crippen molar-refractivity contribution in [3.63, 3.8) is 0 Å². The van der Waals surface area contributed by atoms with E-state index in [-0.39, 0.29) is 0 Å². The van der Waals surface area contributed by atoms with E-state index < -0.39 is 0 Å². The van der Waals surface area contributed by atoms with E-state index in [9.17, 15) is 4.79 Å². The van der Waals surface area contributed by atoms with Crippen LogP contribution in [0, 0.1) is 0 Å². The van der Waals surface area contributed by atoms with Crippen LogP contribution in [0.2, 0.25) is 0 Å². The molecule has 2 aromatic carbocycles. The minimum Gasteiger partial charge on any atom is -0.369 e. The van der Waals surface area contributed by atoms with E-state index in [1.54, 1.807) is 11.8 Å². The Morgan fingerprint density at radius 3 is 2.43 bits per heavy atom. The highest BCUT2D eigenvalue weighted by atomic mass is 32.2. The average molecular weight is 397 g/mol. The zero-order valence-corrected chi connectivity index (χ0v) is 17.3. The number of nitrogens with two attached hydrogens (primary N) is 1. The lowest BCUT2D eigenvalue weighted by molar-refractivity contribution is 0.112. The summed E-state index contributed by atoms with van der Waals surface area (Å²) in [5.41, 5.74) is 10.2. The molecule has 2 N–H and O–H groups in total. The molecule has 1 fully saturated rings. The van der Waals surface area contributed by atoms with Crippen molar-refractivity contribution in [1.29, 1.82) is 0 Å². The zero-order valence-electron chi connectivity index (χ0n) is 16.4. The van der Waals surface area contributed by atoms with E-state index in [1.165, 1.54) is 22.0 Å². The van der Waals surface area contributed by atoms with Gasteiger partial charge in [-0.25, -0.2) is 0 Å². The van der Waals surface area contributed by atoms with Crippen molar-refractivity contribution in [3.8, 4) is 0 Å². The summed E-state index contributed by atoms with van der Waals surface area (Å²) in [6.45, 7) is 9.28. The molecule has 2 aliphatic heterocycles. The third-order valence-electron chi connectivity index (χ3n) is 5.64. The van der Waals surface area contributed by atoms with Crippen LogP contribution in [0.15, 0.2) is 46.2 Å². The number of anilines is 3. The largest absolute Gasteiger partial charge is 0.369 e. The number of rotatable bonds is 6. The monoisotopic (exact) mass is 396 g/mol. The first kappa shape index (κ1) is 19.3. The van der Waals surface area contributed by atoms with Gasteiger partial charge in [0.25, 0.3) is 0 Å². The maximum absolute atomic E-state index is 11.3. The molecule has 0 amide bonds. The number of piperazine rings is 1. The summed E-state index contributed by atoms with van der Waals surface area (Å²) in [6, 6.07) is 12.8. The van der Waals surface area contributed by atoms with Crippen molar-refractivity contribution in [2.24, 2.45) is 5.73 Å². The fourth-order valence-corrected chi connectivity index (χ4v) is 5.15. The summed E-state index contributed by atoms with van der Waals surface area (Å²) >= 11 is 1.76. The van der Waals surface area contributed by atoms with Crippen molar-refractivity contribution >= 4 is 35.1 Å². The highest BCUT2D eigenvalue weighted by Gasteiger charge is 2.25. The van der Waals surface area contributed by atoms with Crippen LogP contribution < -0.4 is 15.5 Å². The second-order valence-corrected chi connectivity index (χ2v) is 8.40. The average Bonchev–Trinajstić information content (AvgIpc) is 2.75. The van der Waals surface area contributed by atoms with Crippen LogP contribution in [0.1, 0.15) is 23.7 Å². The Bertz CT molecular complexity index is 848. The number of hydrogen-bond acceptors (Lipinski definition) is 6. The van der Waals surface area contributed by atoms with E-state index in [2.05, 4.69) is 45.9 Å². The zero-order chi connectivity index (χ0) is 19.5. The molecule has 0 unspecified atom stereocenters. The molecule has 0 bridgehead atoms. The molecule has 2 heterocycles. The fourth-order valence-electron chi connectivity index (χ4n) is 3.97. The summed E-state index contributed by atoms with van der Waals surface area (Å²) in [6.07, 6.45) is 1.85. The summed E-state index contributed by atoms with van der Waals surface area (Å²) in [5.74, 6) is 0. The first-order valence-electron chi connectivity index (χ1n) is 10.1. The molecule has 0 saturated carbocycles. The minimum atomic E-state index is 0.667. The Morgan fingerprint density at radius 1 is 1.04 bits per heavy atom. The van der Waals surface area contributed by atoms with Crippen LogP contribution in [0.4, 0.5) is 17.1 Å². The molecule has 5 nitrogen and oxygen atoms in total. The van der Waals surface area contributed by atoms with Gasteiger partial charge in [0.05, 0.1) is 11.4 Å². The van der Waals surface area contributed by atoms with E-state index in [1.807, 2.05) is 12.1 Å². The van der Waals surface area contributed by atoms with Crippen molar-refractivity contribution in [1.82, 2.24) is 4.90 Å². The van der Waals surface area contributed by atoms with Gasteiger partial charge in [0.15, 0.2) is 0 Å². The number of hydrogen-bond donors (Lipinski definition) is 1. The number of fused-ring (bicyclic) bond motifs is 2. The molecule has 148 valence electrons. The Balaban J connectivity index is 1.65. The first-order chi connectivity index (χ1) is 13.7. The van der Waals surface area contributed by atoms with E-state index in [0.717, 1.165) is 62.4 Å². The van der Waals surface area contributed by atoms with Gasteiger partial charge in [-0.1, -0.05) is 18.7 Å². The van der Waals surface area contributed by atoms with Crippen LogP contribution >= 0.6 is 11.8 Å². The van der Waals surface area contributed by atoms with Gasteiger partial charge in [0.2, 0.25) is 0 Å². The maximum Gasteiger partial charge on any atom is 0.150 e. The predicted octanol–water partition coefficient (Wildman–Crippen LogP) is 3.59. The Morgan fingerprint density at radius 2 is 1.75 bits per heavy atom. The van der Waals surface area contributed by atoms with E-state index in [0.29, 0.717) is 6.54 Å². The van der Waals surface area contributed by atoms with Gasteiger partial charge in [-0.15, -0.1) is 0 Å². The predicted molar refractivity (Wildman–Crippen MR) is 117 cm³/mol. The van der Waals surface area contributed by atoms with E-state index in [4.69, 9.17) is 5.73 Å². The van der Waals surface area contributed by atoms with Crippen molar-refractivity contribution in [3.05, 3.63) is 42.0 Å². The lowest BCUT2D eigenvalue weighted by Gasteiger charge is -2.37. The van der Waals surface area contributed by atoms with Gasteiger partial charge in [-0.2, -0.15) is 0 Å². The second kappa shape index (κ2) is 8.55. The van der Waals surface area contributed by atoms with Crippen LogP contribution in [0.25, 0.3) is 0 Å². The molecule has 2 aromatic rings. The Labute approximate surface area is 171 Å². The summed E-state index contributed by atoms with van der Waals surface area (Å²) in [5, 5.41) is 0. The van der Waals surface area contributed by atoms with Gasteiger partial charge in [-0.05, 0) is 55.9 Å². The number of carbonyl (C=O) groups excluding carboxylic acids is 1. The molecule has 6 heteroatoms. The molecule has 0 aromatic heterocycles. The van der Waals surface area contributed by atoms with Gasteiger partial charge in [-0.3, -0.25) is 4.79 Å². The van der Waals surface area contributed by atoms with Crippen molar-refractivity contribution < 1.29 is 4.79 Å². The topological polar surface area (TPSA) is 52.8 Å². The molecule has 28 heavy (non-hydrogen) atoms. The molecule has 4 rings (SSSR count). The fraction of sp³-hybridized carbons (Fsp3) is 0.409. The number of nitrogens with zero attached hydrogens (tertiary/aromatic N) is 3. The van der Waals surface area contributed by atoms with Crippen LogP contribution in [0.5, 0.6) is 0 Å². The third-order valence-corrected chi connectivity index (χ3v) is 6.73. The molecule has 0 radical (unpaired) electrons. The van der Waals surface area contributed by atoms with Gasteiger partial charge in [0.1, 0.15) is 6.29 Å². The molecular weight excluding hydrogens is 368 g/mol. The minimum absolute atomic E-state index is 0.667. The summed E-state index contributed by atoms with van der Waals surface area (Å²) in [7, 11) is 0. The maximum atomic E-state index is 11.3. The van der Waals surface area contributed by atoms with Crippen LogP contribution in [-0.2, 0) is 0 Å². The third kappa shape index (κ3) is 3.77. The molecule has 0 spiro atoms. The standard InChI is InChI=1S/C22H28N4OS/c1-2-24-10-12-25(13-11-24)18-5-7-20-22(15-18)28-21-14-17(16-27)4-6-19(21)26(20)9-3-8-23/h4-7,14-16H,2-3,8-13,23H2,1H3. The number of carbonyl (C=O) groups is 1. The lowest BCUT2D eigenvalue weighted by atomic mass is 10.1. The molecule has 0 atom stereocenters. The Hall–Kier alpha value is -2.02. The molecule has 1 saturated heterocycles. The summed E-state index contributed by atoms with van der Waals surface area (Å²) < 4.78 is 0.